The minimum atomic E-state index is -3.06. The second kappa shape index (κ2) is 7.06. The van der Waals surface area contributed by atoms with Crippen LogP contribution in [0.4, 0.5) is 5.69 Å². The normalized spacial score (nSPS) is 17.5. The molecule has 0 bridgehead atoms. The van der Waals surface area contributed by atoms with Crippen molar-refractivity contribution in [3.05, 3.63) is 114 Å². The summed E-state index contributed by atoms with van der Waals surface area (Å²) in [7, 11) is -3.06. The van der Waals surface area contributed by atoms with Crippen molar-refractivity contribution in [3.63, 3.8) is 0 Å². The summed E-state index contributed by atoms with van der Waals surface area (Å²) in [4.78, 5) is 0. The van der Waals surface area contributed by atoms with Crippen molar-refractivity contribution in [1.82, 2.24) is 0 Å². The first-order valence-electron chi connectivity index (χ1n) is 9.87. The zero-order chi connectivity index (χ0) is 19.8. The zero-order valence-electron chi connectivity index (χ0n) is 16.3. The predicted molar refractivity (Wildman–Crippen MR) is 123 cm³/mol. The zero-order valence-corrected chi connectivity index (χ0v) is 17.2. The second-order valence-corrected chi connectivity index (χ2v) is 10.1. The number of rotatable bonds is 3. The smallest absolute Gasteiger partial charge is 0.230 e. The van der Waals surface area contributed by atoms with Gasteiger partial charge in [0.05, 0.1) is 12.2 Å². The van der Waals surface area contributed by atoms with Gasteiger partial charge in [0.1, 0.15) is 0 Å². The fraction of sp³-hybridized carbons (Fsp3) is 0.0769. The van der Waals surface area contributed by atoms with Crippen LogP contribution in [0.5, 0.6) is 0 Å². The molecule has 2 nitrogen and oxygen atoms in total. The van der Waals surface area contributed by atoms with Gasteiger partial charge in [-0.25, -0.2) is 0 Å². The Morgan fingerprint density at radius 1 is 0.724 bits per heavy atom. The van der Waals surface area contributed by atoms with Crippen molar-refractivity contribution >= 4 is 23.6 Å². The minimum absolute atomic E-state index is 0.595. The van der Waals surface area contributed by atoms with Gasteiger partial charge in [0.2, 0.25) is 7.29 Å². The summed E-state index contributed by atoms with van der Waals surface area (Å²) >= 11 is 0. The fourth-order valence-corrected chi connectivity index (χ4v) is 7.42. The van der Waals surface area contributed by atoms with E-state index >= 15 is 4.57 Å². The highest BCUT2D eigenvalue weighted by molar-refractivity contribution is 7.80. The number of fused-ring (bicyclic) bond motifs is 3. The molecule has 4 aromatic carbocycles. The number of benzene rings is 4. The molecule has 0 unspecified atom stereocenters. The molecule has 3 heteroatoms. The number of aryl methyl sites for hydroxylation is 1. The van der Waals surface area contributed by atoms with Crippen molar-refractivity contribution < 1.29 is 4.57 Å². The van der Waals surface area contributed by atoms with E-state index in [1.807, 2.05) is 66.7 Å². The maximum Gasteiger partial charge on any atom is 0.230 e. The lowest BCUT2D eigenvalue weighted by Crippen LogP contribution is -2.36. The summed E-state index contributed by atoms with van der Waals surface area (Å²) in [5, 5.41) is 1.80. The lowest BCUT2D eigenvalue weighted by atomic mass is 9.98. The molecule has 0 aliphatic carbocycles. The first-order valence-corrected chi connectivity index (χ1v) is 11.5. The molecule has 0 saturated heterocycles. The maximum absolute atomic E-state index is 15.0. The van der Waals surface area contributed by atoms with Crippen molar-refractivity contribution in [1.29, 1.82) is 0 Å². The molecule has 0 saturated carbocycles. The molecule has 0 radical (unpaired) electrons. The number of para-hydroxylation sites is 1. The van der Waals surface area contributed by atoms with E-state index in [2.05, 4.69) is 48.0 Å². The van der Waals surface area contributed by atoms with Gasteiger partial charge in [-0.15, -0.1) is 0 Å². The molecule has 0 spiro atoms. The average molecular weight is 395 g/mol. The third-order valence-electron chi connectivity index (χ3n) is 5.65. The van der Waals surface area contributed by atoms with Gasteiger partial charge in [0.15, 0.2) is 0 Å². The molecule has 4 aromatic rings. The molecule has 5 rings (SSSR count). The van der Waals surface area contributed by atoms with Crippen molar-refractivity contribution in [2.45, 2.75) is 13.5 Å². The molecular weight excluding hydrogens is 373 g/mol. The van der Waals surface area contributed by atoms with Crippen molar-refractivity contribution in [3.8, 4) is 11.1 Å². The van der Waals surface area contributed by atoms with E-state index in [4.69, 9.17) is 0 Å². The van der Waals surface area contributed by atoms with Gasteiger partial charge in [-0.2, -0.15) is 0 Å². The molecule has 0 fully saturated rings. The Morgan fingerprint density at radius 2 is 1.38 bits per heavy atom. The lowest BCUT2D eigenvalue weighted by Gasteiger charge is -2.40. The first kappa shape index (κ1) is 18.0. The highest BCUT2D eigenvalue weighted by Gasteiger charge is 2.42. The lowest BCUT2D eigenvalue weighted by molar-refractivity contribution is 0.583. The van der Waals surface area contributed by atoms with Gasteiger partial charge in [-0.05, 0) is 47.9 Å². The Kier molecular flexibility index (Phi) is 4.38. The number of hydrogen-bond acceptors (Lipinski definition) is 1. The Bertz CT molecular complexity index is 1220. The molecule has 0 aromatic heterocycles. The minimum Gasteiger partial charge on any atom is -0.311 e. The van der Waals surface area contributed by atoms with Crippen LogP contribution < -0.4 is 15.3 Å². The van der Waals surface area contributed by atoms with Crippen LogP contribution in [0.15, 0.2) is 103 Å². The SMILES string of the molecule is Cc1cccc2c1-c1ccccc1N(Cc1ccccc1)[P@]2(=O)c1ccccc1. The van der Waals surface area contributed by atoms with Gasteiger partial charge in [-0.1, -0.05) is 78.9 Å². The molecule has 1 heterocycles. The molecule has 1 atom stereocenters. The Balaban J connectivity index is 1.83. The summed E-state index contributed by atoms with van der Waals surface area (Å²) in [6.45, 7) is 2.70. The second-order valence-electron chi connectivity index (χ2n) is 7.44. The summed E-state index contributed by atoms with van der Waals surface area (Å²) in [5.74, 6) is 0. The number of hydrogen-bond donors (Lipinski definition) is 0. The van der Waals surface area contributed by atoms with E-state index in [1.54, 1.807) is 0 Å². The van der Waals surface area contributed by atoms with E-state index in [0.29, 0.717) is 6.54 Å². The largest absolute Gasteiger partial charge is 0.311 e. The van der Waals surface area contributed by atoms with Gasteiger partial charge in [0.25, 0.3) is 0 Å². The number of anilines is 1. The van der Waals surface area contributed by atoms with E-state index in [1.165, 1.54) is 0 Å². The summed E-state index contributed by atoms with van der Waals surface area (Å²) in [6.07, 6.45) is 0. The van der Waals surface area contributed by atoms with Gasteiger partial charge in [-0.3, -0.25) is 4.57 Å². The summed E-state index contributed by atoms with van der Waals surface area (Å²) in [5.41, 5.74) is 5.60. The van der Waals surface area contributed by atoms with Crippen LogP contribution in [0.2, 0.25) is 0 Å². The van der Waals surface area contributed by atoms with Gasteiger partial charge in [0, 0.05) is 16.2 Å². The molecule has 0 amide bonds. The summed E-state index contributed by atoms with van der Waals surface area (Å²) < 4.78 is 17.2. The molecule has 29 heavy (non-hydrogen) atoms. The highest BCUT2D eigenvalue weighted by atomic mass is 31.2. The third kappa shape index (κ3) is 2.84. The standard InChI is InChI=1S/C26H22NOP/c1-20-11-10-18-25-26(20)23-16-8-9-17-24(23)27(19-21-12-4-2-5-13-21)29(25,28)22-14-6-3-7-15-22/h2-18H,19H2,1H3/t29-/m0/s1. The van der Waals surface area contributed by atoms with Crippen LogP contribution in [0.1, 0.15) is 11.1 Å². The quantitative estimate of drug-likeness (QED) is 0.402. The van der Waals surface area contributed by atoms with Crippen LogP contribution in [0.25, 0.3) is 11.1 Å². The van der Waals surface area contributed by atoms with Gasteiger partial charge < -0.3 is 4.67 Å². The molecule has 0 N–H and O–H groups in total. The molecule has 142 valence electrons. The maximum atomic E-state index is 15.0. The van der Waals surface area contributed by atoms with Crippen LogP contribution in [0.3, 0.4) is 0 Å². The van der Waals surface area contributed by atoms with Crippen LogP contribution in [0, 0.1) is 6.92 Å². The Labute approximate surface area is 171 Å². The first-order chi connectivity index (χ1) is 14.2. The molecular formula is C26H22NOP. The van der Waals surface area contributed by atoms with E-state index in [0.717, 1.165) is 38.6 Å². The van der Waals surface area contributed by atoms with Crippen molar-refractivity contribution in [2.75, 3.05) is 4.67 Å². The highest BCUT2D eigenvalue weighted by Crippen LogP contribution is 2.58. The molecule has 1 aliphatic heterocycles. The van der Waals surface area contributed by atoms with Crippen LogP contribution >= 0.6 is 7.29 Å². The fourth-order valence-electron chi connectivity index (χ4n) is 4.30. The molecule has 1 aliphatic rings. The van der Waals surface area contributed by atoms with E-state index < -0.39 is 7.29 Å². The monoisotopic (exact) mass is 395 g/mol. The van der Waals surface area contributed by atoms with Crippen LogP contribution in [-0.2, 0) is 11.1 Å². The van der Waals surface area contributed by atoms with E-state index in [9.17, 15) is 0 Å². The Morgan fingerprint density at radius 3 is 2.14 bits per heavy atom. The third-order valence-corrected chi connectivity index (χ3v) is 8.71. The van der Waals surface area contributed by atoms with Gasteiger partial charge >= 0.3 is 0 Å². The summed E-state index contributed by atoms with van der Waals surface area (Å²) in [6, 6.07) is 34.8. The topological polar surface area (TPSA) is 20.3 Å². The Hall–Kier alpha value is -3.09. The predicted octanol–water partition coefficient (Wildman–Crippen LogP) is 5.91. The van der Waals surface area contributed by atoms with Crippen LogP contribution in [-0.4, -0.2) is 0 Å². The average Bonchev–Trinajstić information content (AvgIpc) is 2.78. The van der Waals surface area contributed by atoms with Crippen molar-refractivity contribution in [2.24, 2.45) is 0 Å². The number of nitrogens with zero attached hydrogens (tertiary/aromatic N) is 1. The van der Waals surface area contributed by atoms with E-state index in [-0.39, 0.29) is 0 Å².